The standard InChI is InChI=1S/C21H21F3N2O4/c1-2-7-30-15-6-5-13(21(22,23)24)9-14(15)25-16(27)10-26-19(28)17-11-3-4-12(8-11)18(17)20(26)29/h3-6,9,11-12,17-18H,2,7-8,10H2,1H3,(H,25,27). The van der Waals surface area contributed by atoms with Crippen molar-refractivity contribution >= 4 is 23.4 Å². The highest BCUT2D eigenvalue weighted by Gasteiger charge is 2.59. The van der Waals surface area contributed by atoms with Gasteiger partial charge in [-0.05, 0) is 42.9 Å². The summed E-state index contributed by atoms with van der Waals surface area (Å²) >= 11 is 0. The molecule has 1 aromatic rings. The lowest BCUT2D eigenvalue weighted by atomic mass is 9.85. The summed E-state index contributed by atoms with van der Waals surface area (Å²) in [6, 6.07) is 2.81. The van der Waals surface area contributed by atoms with Crippen LogP contribution < -0.4 is 10.1 Å². The first-order chi connectivity index (χ1) is 14.2. The quantitative estimate of drug-likeness (QED) is 0.564. The monoisotopic (exact) mass is 422 g/mol. The van der Waals surface area contributed by atoms with Crippen molar-refractivity contribution in [2.24, 2.45) is 23.7 Å². The molecule has 2 fully saturated rings. The van der Waals surface area contributed by atoms with Gasteiger partial charge in [-0.1, -0.05) is 19.1 Å². The summed E-state index contributed by atoms with van der Waals surface area (Å²) in [7, 11) is 0. The van der Waals surface area contributed by atoms with Gasteiger partial charge >= 0.3 is 6.18 Å². The highest BCUT2D eigenvalue weighted by molar-refractivity contribution is 6.09. The summed E-state index contributed by atoms with van der Waals surface area (Å²) in [5.41, 5.74) is -1.09. The maximum absolute atomic E-state index is 13.1. The average molecular weight is 422 g/mol. The normalized spacial score (nSPS) is 27.0. The molecule has 6 nitrogen and oxygen atoms in total. The van der Waals surface area contributed by atoms with Crippen LogP contribution in [0, 0.1) is 23.7 Å². The van der Waals surface area contributed by atoms with Crippen LogP contribution in [0.15, 0.2) is 30.4 Å². The number of hydrogen-bond donors (Lipinski definition) is 1. The lowest BCUT2D eigenvalue weighted by Crippen LogP contribution is -2.39. The van der Waals surface area contributed by atoms with Gasteiger partial charge in [0, 0.05) is 0 Å². The number of imide groups is 1. The molecule has 1 saturated carbocycles. The fraction of sp³-hybridized carbons (Fsp3) is 0.476. The Morgan fingerprint density at radius 2 is 1.80 bits per heavy atom. The number of anilines is 1. The number of rotatable bonds is 6. The van der Waals surface area contributed by atoms with Crippen LogP contribution in [0.3, 0.4) is 0 Å². The van der Waals surface area contributed by atoms with E-state index >= 15 is 0 Å². The molecule has 0 spiro atoms. The average Bonchev–Trinajstić information content (AvgIpc) is 3.36. The largest absolute Gasteiger partial charge is 0.491 e. The number of benzene rings is 1. The van der Waals surface area contributed by atoms with Gasteiger partial charge in [0.25, 0.3) is 0 Å². The second-order valence-corrected chi connectivity index (χ2v) is 7.87. The minimum absolute atomic E-state index is 0.0158. The highest BCUT2D eigenvalue weighted by atomic mass is 19.4. The van der Waals surface area contributed by atoms with Crippen molar-refractivity contribution in [1.29, 1.82) is 0 Å². The molecule has 1 N–H and O–H groups in total. The van der Waals surface area contributed by atoms with Crippen molar-refractivity contribution in [3.05, 3.63) is 35.9 Å². The second kappa shape index (κ2) is 7.45. The lowest BCUT2D eigenvalue weighted by molar-refractivity contribution is -0.143. The minimum Gasteiger partial charge on any atom is -0.491 e. The van der Waals surface area contributed by atoms with Crippen LogP contribution >= 0.6 is 0 Å². The Hall–Kier alpha value is -2.84. The van der Waals surface area contributed by atoms with Crippen molar-refractivity contribution in [3.8, 4) is 5.75 Å². The Labute approximate surface area is 171 Å². The number of fused-ring (bicyclic) bond motifs is 5. The first-order valence-corrected chi connectivity index (χ1v) is 9.88. The molecule has 2 aliphatic carbocycles. The van der Waals surface area contributed by atoms with Gasteiger partial charge in [-0.3, -0.25) is 19.3 Å². The Morgan fingerprint density at radius 3 is 2.37 bits per heavy atom. The number of allylic oxidation sites excluding steroid dienone is 2. The molecule has 4 atom stereocenters. The predicted octanol–water partition coefficient (Wildman–Crippen LogP) is 3.24. The van der Waals surface area contributed by atoms with Crippen LogP contribution in [-0.4, -0.2) is 35.8 Å². The number of hydrogen-bond acceptors (Lipinski definition) is 4. The van der Waals surface area contributed by atoms with E-state index in [-0.39, 0.29) is 41.7 Å². The second-order valence-electron chi connectivity index (χ2n) is 7.87. The van der Waals surface area contributed by atoms with E-state index in [2.05, 4.69) is 5.32 Å². The Kier molecular flexibility index (Phi) is 5.07. The third kappa shape index (κ3) is 3.46. The number of likely N-dealkylation sites (tertiary alicyclic amines) is 1. The summed E-state index contributed by atoms with van der Waals surface area (Å²) in [5.74, 6) is -2.26. The number of nitrogens with one attached hydrogen (secondary N) is 1. The van der Waals surface area contributed by atoms with Crippen molar-refractivity contribution in [3.63, 3.8) is 0 Å². The molecule has 4 unspecified atom stereocenters. The smallest absolute Gasteiger partial charge is 0.416 e. The van der Waals surface area contributed by atoms with E-state index in [0.29, 0.717) is 6.42 Å². The molecule has 1 aliphatic heterocycles. The molecule has 3 amide bonds. The van der Waals surface area contributed by atoms with E-state index < -0.39 is 36.0 Å². The van der Waals surface area contributed by atoms with Crippen LogP contribution in [0.1, 0.15) is 25.3 Å². The molecule has 1 saturated heterocycles. The first kappa shape index (κ1) is 20.4. The number of nitrogens with zero attached hydrogens (tertiary/aromatic N) is 1. The number of amides is 3. The van der Waals surface area contributed by atoms with E-state index in [9.17, 15) is 27.6 Å². The molecule has 0 radical (unpaired) electrons. The summed E-state index contributed by atoms with van der Waals surface area (Å²) in [6.07, 6.45) is 0.702. The Morgan fingerprint density at radius 1 is 1.17 bits per heavy atom. The predicted molar refractivity (Wildman–Crippen MR) is 100 cm³/mol. The highest BCUT2D eigenvalue weighted by Crippen LogP contribution is 2.52. The number of ether oxygens (including phenoxy) is 1. The molecule has 1 heterocycles. The van der Waals surface area contributed by atoms with Gasteiger partial charge in [0.1, 0.15) is 12.3 Å². The summed E-state index contributed by atoms with van der Waals surface area (Å²) < 4.78 is 44.6. The zero-order valence-corrected chi connectivity index (χ0v) is 16.2. The topological polar surface area (TPSA) is 75.7 Å². The van der Waals surface area contributed by atoms with E-state index in [1.807, 2.05) is 19.1 Å². The van der Waals surface area contributed by atoms with Gasteiger partial charge in [0.05, 0.1) is 29.7 Å². The molecular weight excluding hydrogens is 401 g/mol. The Bertz CT molecular complexity index is 897. The van der Waals surface area contributed by atoms with Gasteiger partial charge in [-0.15, -0.1) is 0 Å². The van der Waals surface area contributed by atoms with Gasteiger partial charge in [0.15, 0.2) is 0 Å². The summed E-state index contributed by atoms with van der Waals surface area (Å²) in [6.45, 7) is 1.57. The minimum atomic E-state index is -4.59. The van der Waals surface area contributed by atoms with E-state index in [1.165, 1.54) is 0 Å². The van der Waals surface area contributed by atoms with Crippen molar-refractivity contribution in [2.75, 3.05) is 18.5 Å². The molecule has 30 heavy (non-hydrogen) atoms. The van der Waals surface area contributed by atoms with E-state index in [0.717, 1.165) is 29.5 Å². The fourth-order valence-electron chi connectivity index (χ4n) is 4.60. The van der Waals surface area contributed by atoms with Crippen molar-refractivity contribution in [1.82, 2.24) is 4.90 Å². The van der Waals surface area contributed by atoms with Crippen molar-refractivity contribution < 1.29 is 32.3 Å². The van der Waals surface area contributed by atoms with Crippen LogP contribution in [0.2, 0.25) is 0 Å². The van der Waals surface area contributed by atoms with Crippen LogP contribution in [-0.2, 0) is 20.6 Å². The van der Waals surface area contributed by atoms with Gasteiger partial charge in [-0.25, -0.2) is 0 Å². The van der Waals surface area contributed by atoms with Gasteiger partial charge in [0.2, 0.25) is 17.7 Å². The molecule has 3 aliphatic rings. The van der Waals surface area contributed by atoms with Crippen molar-refractivity contribution in [2.45, 2.75) is 25.9 Å². The van der Waals surface area contributed by atoms with E-state index in [1.54, 1.807) is 0 Å². The SMILES string of the molecule is CCCOc1ccc(C(F)(F)F)cc1NC(=O)CN1C(=O)C2C3C=CC(C3)C2C1=O. The molecular formula is C21H21F3N2O4. The summed E-state index contributed by atoms with van der Waals surface area (Å²) in [5, 5.41) is 2.38. The van der Waals surface area contributed by atoms with Crippen LogP contribution in [0.5, 0.6) is 5.75 Å². The molecule has 0 aromatic heterocycles. The zero-order chi connectivity index (χ0) is 21.6. The Balaban J connectivity index is 1.50. The van der Waals surface area contributed by atoms with Crippen LogP contribution in [0.4, 0.5) is 18.9 Å². The third-order valence-corrected chi connectivity index (χ3v) is 5.91. The molecule has 160 valence electrons. The van der Waals surface area contributed by atoms with Gasteiger partial charge < -0.3 is 10.1 Å². The van der Waals surface area contributed by atoms with Gasteiger partial charge in [-0.2, -0.15) is 13.2 Å². The molecule has 9 heteroatoms. The lowest BCUT2D eigenvalue weighted by Gasteiger charge is -2.18. The number of alkyl halides is 3. The number of carbonyl (C=O) groups excluding carboxylic acids is 3. The first-order valence-electron chi connectivity index (χ1n) is 9.88. The molecule has 1 aromatic carbocycles. The third-order valence-electron chi connectivity index (χ3n) is 5.91. The zero-order valence-electron chi connectivity index (χ0n) is 16.2. The number of carbonyl (C=O) groups is 3. The molecule has 4 rings (SSSR count). The van der Waals surface area contributed by atoms with E-state index in [4.69, 9.17) is 4.74 Å². The summed E-state index contributed by atoms with van der Waals surface area (Å²) in [4.78, 5) is 38.8. The molecule has 2 bridgehead atoms. The fourth-order valence-corrected chi connectivity index (χ4v) is 4.60. The maximum Gasteiger partial charge on any atom is 0.416 e. The van der Waals surface area contributed by atoms with Crippen LogP contribution in [0.25, 0.3) is 0 Å². The maximum atomic E-state index is 13.1. The number of halogens is 3.